The second-order valence-corrected chi connectivity index (χ2v) is 6.80. The van der Waals surface area contributed by atoms with Crippen LogP contribution in [0.15, 0.2) is 40.8 Å². The number of Topliss-reactive ketones (excluding diaryl/α,β-unsaturated/α-hetero) is 1. The monoisotopic (exact) mass is 369 g/mol. The van der Waals surface area contributed by atoms with Gasteiger partial charge in [0, 0.05) is 18.0 Å². The normalized spacial score (nSPS) is 14.4. The largest absolute Gasteiger partial charge is 0.466 e. The molecule has 1 unspecified atom stereocenters. The summed E-state index contributed by atoms with van der Waals surface area (Å²) in [6.07, 6.45) is 1.31. The van der Waals surface area contributed by atoms with Gasteiger partial charge in [0.05, 0.1) is 12.0 Å². The first-order chi connectivity index (χ1) is 12.9. The van der Waals surface area contributed by atoms with Crippen molar-refractivity contribution in [1.29, 1.82) is 0 Å². The van der Waals surface area contributed by atoms with E-state index in [0.29, 0.717) is 29.1 Å². The maximum absolute atomic E-state index is 12.5. The molecule has 0 bridgehead atoms. The first-order valence-electron chi connectivity index (χ1n) is 9.09. The first kappa shape index (κ1) is 18.9. The highest BCUT2D eigenvalue weighted by atomic mass is 16.5. The third kappa shape index (κ3) is 5.06. The Morgan fingerprint density at radius 3 is 2.52 bits per heavy atom. The number of amides is 1. The molecule has 1 aromatic heterocycles. The van der Waals surface area contributed by atoms with E-state index in [1.807, 2.05) is 6.07 Å². The van der Waals surface area contributed by atoms with Gasteiger partial charge in [-0.05, 0) is 32.8 Å². The van der Waals surface area contributed by atoms with E-state index >= 15 is 0 Å². The molecule has 1 aliphatic rings. The molecule has 0 spiro atoms. The summed E-state index contributed by atoms with van der Waals surface area (Å²) in [5.41, 5.74) is 1.15. The van der Waals surface area contributed by atoms with Gasteiger partial charge in [-0.2, -0.15) is 0 Å². The summed E-state index contributed by atoms with van der Waals surface area (Å²) in [7, 11) is 0. The first-order valence-corrected chi connectivity index (χ1v) is 9.09. The highest BCUT2D eigenvalue weighted by molar-refractivity contribution is 5.95. The molecule has 1 saturated carbocycles. The summed E-state index contributed by atoms with van der Waals surface area (Å²) in [4.78, 5) is 36.3. The van der Waals surface area contributed by atoms with Crippen LogP contribution in [0.1, 0.15) is 59.7 Å². The molecule has 2 aromatic rings. The summed E-state index contributed by atoms with van der Waals surface area (Å²) >= 11 is 0. The number of hydrogen-bond donors (Lipinski definition) is 1. The second-order valence-electron chi connectivity index (χ2n) is 6.80. The van der Waals surface area contributed by atoms with Crippen LogP contribution in [-0.4, -0.2) is 23.7 Å². The van der Waals surface area contributed by atoms with Crippen molar-refractivity contribution < 1.29 is 23.5 Å². The molecule has 1 N–H and O–H groups in total. The zero-order valence-electron chi connectivity index (χ0n) is 15.5. The molecule has 1 heterocycles. The van der Waals surface area contributed by atoms with Crippen molar-refractivity contribution in [3.8, 4) is 0 Å². The number of ketones is 1. The minimum absolute atomic E-state index is 0.0599. The zero-order chi connectivity index (χ0) is 19.4. The van der Waals surface area contributed by atoms with E-state index in [-0.39, 0.29) is 24.2 Å². The van der Waals surface area contributed by atoms with Crippen molar-refractivity contribution in [2.45, 2.75) is 51.7 Å². The van der Waals surface area contributed by atoms with Crippen LogP contribution in [-0.2, 0) is 20.7 Å². The lowest BCUT2D eigenvalue weighted by Gasteiger charge is -2.18. The molecule has 6 nitrogen and oxygen atoms in total. The third-order valence-corrected chi connectivity index (χ3v) is 4.44. The highest BCUT2D eigenvalue weighted by Gasteiger charge is 2.30. The highest BCUT2D eigenvalue weighted by Crippen LogP contribution is 2.24. The van der Waals surface area contributed by atoms with Crippen LogP contribution in [0.3, 0.4) is 0 Å². The molecular weight excluding hydrogens is 346 g/mol. The Balaban J connectivity index is 1.62. The van der Waals surface area contributed by atoms with Gasteiger partial charge in [-0.15, -0.1) is 0 Å². The second kappa shape index (κ2) is 8.20. The maximum atomic E-state index is 12.5. The number of hydrogen-bond acceptors (Lipinski definition) is 5. The van der Waals surface area contributed by atoms with Gasteiger partial charge in [-0.3, -0.25) is 14.4 Å². The quantitative estimate of drug-likeness (QED) is 0.570. The van der Waals surface area contributed by atoms with Crippen molar-refractivity contribution in [2.75, 3.05) is 0 Å². The topological polar surface area (TPSA) is 85.6 Å². The molecule has 1 aromatic carbocycles. The fraction of sp³-hybridized carbons (Fsp3) is 0.381. The van der Waals surface area contributed by atoms with Gasteiger partial charge >= 0.3 is 5.97 Å². The predicted molar refractivity (Wildman–Crippen MR) is 98.2 cm³/mol. The number of carbonyl (C=O) groups excluding carboxylic acids is 3. The zero-order valence-corrected chi connectivity index (χ0v) is 15.5. The number of benzene rings is 1. The van der Waals surface area contributed by atoms with Crippen LogP contribution >= 0.6 is 0 Å². The Kier molecular flexibility index (Phi) is 5.74. The molecule has 1 aliphatic carbocycles. The average Bonchev–Trinajstić information content (AvgIpc) is 3.37. The third-order valence-electron chi connectivity index (χ3n) is 4.44. The fourth-order valence-corrected chi connectivity index (χ4v) is 2.84. The average molecular weight is 369 g/mol. The molecule has 1 fully saturated rings. The summed E-state index contributed by atoms with van der Waals surface area (Å²) in [6.45, 7) is 3.19. The Bertz CT molecular complexity index is 836. The van der Waals surface area contributed by atoms with Gasteiger partial charge in [0.2, 0.25) is 6.10 Å². The summed E-state index contributed by atoms with van der Waals surface area (Å²) < 4.78 is 11.0. The SMILES string of the molecule is CC(=O)c1cc(CCC(=O)OC(C(=O)NC2CC2)c2ccccc2)oc1C. The Morgan fingerprint density at radius 1 is 1.22 bits per heavy atom. The standard InChI is InChI=1S/C21H23NO5/c1-13(23)18-12-17(26-14(18)2)10-11-19(24)27-20(15-6-4-3-5-7-15)21(25)22-16-8-9-16/h3-7,12,16,20H,8-11H2,1-2H3,(H,22,25). The predicted octanol–water partition coefficient (Wildman–Crippen LogP) is 3.29. The number of esters is 1. The maximum Gasteiger partial charge on any atom is 0.307 e. The van der Waals surface area contributed by atoms with Crippen molar-refractivity contribution in [3.63, 3.8) is 0 Å². The van der Waals surface area contributed by atoms with Gasteiger partial charge in [0.1, 0.15) is 11.5 Å². The number of furan rings is 1. The summed E-state index contributed by atoms with van der Waals surface area (Å²) in [5.74, 6) is 0.217. The van der Waals surface area contributed by atoms with E-state index in [2.05, 4.69) is 5.32 Å². The van der Waals surface area contributed by atoms with Gasteiger partial charge in [-0.25, -0.2) is 0 Å². The van der Waals surface area contributed by atoms with Gasteiger partial charge in [0.25, 0.3) is 5.91 Å². The van der Waals surface area contributed by atoms with Crippen molar-refractivity contribution >= 4 is 17.7 Å². The van der Waals surface area contributed by atoms with Crippen molar-refractivity contribution in [3.05, 3.63) is 59.0 Å². The summed E-state index contributed by atoms with van der Waals surface area (Å²) in [6, 6.07) is 10.8. The van der Waals surface area contributed by atoms with E-state index in [9.17, 15) is 14.4 Å². The lowest BCUT2D eigenvalue weighted by molar-refractivity contribution is -0.156. The fourth-order valence-electron chi connectivity index (χ4n) is 2.84. The van der Waals surface area contributed by atoms with Crippen LogP contribution in [0.2, 0.25) is 0 Å². The molecule has 27 heavy (non-hydrogen) atoms. The Hall–Kier alpha value is -2.89. The molecule has 6 heteroatoms. The minimum Gasteiger partial charge on any atom is -0.466 e. The van der Waals surface area contributed by atoms with Crippen LogP contribution in [0.25, 0.3) is 0 Å². The van der Waals surface area contributed by atoms with Gasteiger partial charge in [0.15, 0.2) is 5.78 Å². The van der Waals surface area contributed by atoms with Crippen LogP contribution in [0, 0.1) is 6.92 Å². The minimum atomic E-state index is -0.967. The number of carbonyl (C=O) groups is 3. The van der Waals surface area contributed by atoms with E-state index in [0.717, 1.165) is 12.8 Å². The molecule has 0 radical (unpaired) electrons. The van der Waals surface area contributed by atoms with E-state index in [4.69, 9.17) is 9.15 Å². The smallest absolute Gasteiger partial charge is 0.307 e. The Morgan fingerprint density at radius 2 is 1.93 bits per heavy atom. The number of rotatable bonds is 8. The molecular formula is C21H23NO5. The lowest BCUT2D eigenvalue weighted by Crippen LogP contribution is -2.33. The van der Waals surface area contributed by atoms with Gasteiger partial charge in [-0.1, -0.05) is 30.3 Å². The Labute approximate surface area is 157 Å². The molecule has 1 amide bonds. The molecule has 0 saturated heterocycles. The van der Waals surface area contributed by atoms with E-state index < -0.39 is 12.1 Å². The van der Waals surface area contributed by atoms with Crippen molar-refractivity contribution in [2.24, 2.45) is 0 Å². The number of nitrogens with one attached hydrogen (secondary N) is 1. The molecule has 142 valence electrons. The van der Waals surface area contributed by atoms with Gasteiger partial charge < -0.3 is 14.5 Å². The summed E-state index contributed by atoms with van der Waals surface area (Å²) in [5, 5.41) is 2.88. The van der Waals surface area contributed by atoms with Crippen LogP contribution in [0.4, 0.5) is 0 Å². The lowest BCUT2D eigenvalue weighted by atomic mass is 10.1. The van der Waals surface area contributed by atoms with E-state index in [1.165, 1.54) is 6.92 Å². The van der Waals surface area contributed by atoms with Crippen LogP contribution < -0.4 is 5.32 Å². The van der Waals surface area contributed by atoms with Crippen molar-refractivity contribution in [1.82, 2.24) is 5.32 Å². The molecule has 3 rings (SSSR count). The molecule has 1 atom stereocenters. The van der Waals surface area contributed by atoms with E-state index in [1.54, 1.807) is 37.3 Å². The molecule has 0 aliphatic heterocycles. The van der Waals surface area contributed by atoms with Crippen LogP contribution in [0.5, 0.6) is 0 Å². The number of ether oxygens (including phenoxy) is 1. The number of aryl methyl sites for hydroxylation is 2.